The van der Waals surface area contributed by atoms with Crippen LogP contribution in [0.25, 0.3) is 0 Å². The molecule has 19 heavy (non-hydrogen) atoms. The summed E-state index contributed by atoms with van der Waals surface area (Å²) in [6.45, 7) is 2.28. The van der Waals surface area contributed by atoms with Gasteiger partial charge in [0.05, 0.1) is 17.2 Å². The first-order valence-corrected chi connectivity index (χ1v) is 5.91. The number of ether oxygens (including phenoxy) is 1. The zero-order valence-electron chi connectivity index (χ0n) is 10.6. The van der Waals surface area contributed by atoms with Gasteiger partial charge in [-0.05, 0) is 36.2 Å². The number of hydrogen-bond donors (Lipinski definition) is 0. The van der Waals surface area contributed by atoms with Crippen molar-refractivity contribution in [2.45, 2.75) is 13.5 Å². The Kier molecular flexibility index (Phi) is 3.94. The number of carbonyl (C=O) groups excluding carboxylic acids is 1. The van der Waals surface area contributed by atoms with Crippen LogP contribution in [-0.4, -0.2) is 6.29 Å². The first-order chi connectivity index (χ1) is 9.24. The number of carbonyl (C=O) groups is 1. The molecule has 3 heteroatoms. The van der Waals surface area contributed by atoms with Crippen molar-refractivity contribution < 1.29 is 9.53 Å². The maximum atomic E-state index is 11.0. The van der Waals surface area contributed by atoms with Crippen molar-refractivity contribution >= 4 is 6.29 Å². The molecule has 0 amide bonds. The maximum Gasteiger partial charge on any atom is 0.153 e. The van der Waals surface area contributed by atoms with E-state index in [2.05, 4.69) is 6.07 Å². The van der Waals surface area contributed by atoms with Gasteiger partial charge in [-0.3, -0.25) is 4.79 Å². The van der Waals surface area contributed by atoms with E-state index in [1.165, 1.54) is 0 Å². The van der Waals surface area contributed by atoms with Gasteiger partial charge in [0.25, 0.3) is 0 Å². The number of aldehydes is 1. The Morgan fingerprint density at radius 1 is 1.21 bits per heavy atom. The number of nitrogens with zero attached hydrogens (tertiary/aromatic N) is 1. The molecule has 0 aromatic heterocycles. The molecule has 0 fully saturated rings. The third-order valence-electron chi connectivity index (χ3n) is 2.84. The molecule has 0 unspecified atom stereocenters. The van der Waals surface area contributed by atoms with Crippen LogP contribution in [0.4, 0.5) is 0 Å². The molecule has 0 N–H and O–H groups in total. The Balaban J connectivity index is 2.14. The lowest BCUT2D eigenvalue weighted by Crippen LogP contribution is -2.00. The Morgan fingerprint density at radius 3 is 2.58 bits per heavy atom. The van der Waals surface area contributed by atoms with E-state index in [-0.39, 0.29) is 0 Å². The lowest BCUT2D eigenvalue weighted by molar-refractivity contribution is 0.111. The Morgan fingerprint density at radius 2 is 1.95 bits per heavy atom. The molecule has 2 aromatic rings. The van der Waals surface area contributed by atoms with Crippen molar-refractivity contribution in [1.29, 1.82) is 5.26 Å². The zero-order valence-corrected chi connectivity index (χ0v) is 10.6. The first kappa shape index (κ1) is 12.8. The van der Waals surface area contributed by atoms with Crippen LogP contribution in [0.2, 0.25) is 0 Å². The zero-order chi connectivity index (χ0) is 13.7. The average Bonchev–Trinajstić information content (AvgIpc) is 2.46. The second-order valence-corrected chi connectivity index (χ2v) is 4.21. The summed E-state index contributed by atoms with van der Waals surface area (Å²) in [7, 11) is 0. The fourth-order valence-electron chi connectivity index (χ4n) is 1.80. The SMILES string of the molecule is Cc1cccc(C=O)c1OCc1ccc(C#N)cc1. The highest BCUT2D eigenvalue weighted by Gasteiger charge is 2.06. The van der Waals surface area contributed by atoms with Gasteiger partial charge in [0.1, 0.15) is 12.4 Å². The van der Waals surface area contributed by atoms with Crippen LogP contribution in [0.3, 0.4) is 0 Å². The highest BCUT2D eigenvalue weighted by Crippen LogP contribution is 2.23. The van der Waals surface area contributed by atoms with Crippen LogP contribution in [-0.2, 0) is 6.61 Å². The van der Waals surface area contributed by atoms with Gasteiger partial charge in [-0.1, -0.05) is 24.3 Å². The van der Waals surface area contributed by atoms with Crippen molar-refractivity contribution in [2.24, 2.45) is 0 Å². The molecule has 94 valence electrons. The summed E-state index contributed by atoms with van der Waals surface area (Å²) in [6, 6.07) is 14.7. The van der Waals surface area contributed by atoms with E-state index in [1.54, 1.807) is 18.2 Å². The third-order valence-corrected chi connectivity index (χ3v) is 2.84. The highest BCUT2D eigenvalue weighted by molar-refractivity contribution is 5.80. The second-order valence-electron chi connectivity index (χ2n) is 4.21. The molecule has 0 saturated heterocycles. The van der Waals surface area contributed by atoms with Crippen molar-refractivity contribution in [1.82, 2.24) is 0 Å². The van der Waals surface area contributed by atoms with Gasteiger partial charge >= 0.3 is 0 Å². The molecule has 2 aromatic carbocycles. The van der Waals surface area contributed by atoms with Crippen LogP contribution in [0, 0.1) is 18.3 Å². The van der Waals surface area contributed by atoms with Crippen molar-refractivity contribution in [2.75, 3.05) is 0 Å². The lowest BCUT2D eigenvalue weighted by Gasteiger charge is -2.11. The van der Waals surface area contributed by atoms with Crippen LogP contribution in [0.5, 0.6) is 5.75 Å². The number of hydrogen-bond acceptors (Lipinski definition) is 3. The van der Waals surface area contributed by atoms with Gasteiger partial charge in [0.15, 0.2) is 6.29 Å². The summed E-state index contributed by atoms with van der Waals surface area (Å²) in [4.78, 5) is 11.0. The van der Waals surface area contributed by atoms with Gasteiger partial charge in [0, 0.05) is 0 Å². The van der Waals surface area contributed by atoms with Gasteiger partial charge < -0.3 is 4.74 Å². The van der Waals surface area contributed by atoms with Crippen LogP contribution in [0.1, 0.15) is 27.0 Å². The highest BCUT2D eigenvalue weighted by atomic mass is 16.5. The summed E-state index contributed by atoms with van der Waals surface area (Å²) >= 11 is 0. The van der Waals surface area contributed by atoms with Gasteiger partial charge in [-0.15, -0.1) is 0 Å². The molecule has 0 heterocycles. The molecular weight excluding hydrogens is 238 g/mol. The van der Waals surface area contributed by atoms with E-state index < -0.39 is 0 Å². The fraction of sp³-hybridized carbons (Fsp3) is 0.125. The van der Waals surface area contributed by atoms with Crippen molar-refractivity contribution in [3.63, 3.8) is 0 Å². The minimum atomic E-state index is 0.372. The topological polar surface area (TPSA) is 50.1 Å². The van der Waals surface area contributed by atoms with Gasteiger partial charge in [-0.2, -0.15) is 5.26 Å². The van der Waals surface area contributed by atoms with E-state index >= 15 is 0 Å². The summed E-state index contributed by atoms with van der Waals surface area (Å²) in [5, 5.41) is 8.72. The minimum Gasteiger partial charge on any atom is -0.488 e. The van der Waals surface area contributed by atoms with E-state index in [0.29, 0.717) is 23.5 Å². The molecule has 2 rings (SSSR count). The fourth-order valence-corrected chi connectivity index (χ4v) is 1.80. The molecule has 0 atom stereocenters. The quantitative estimate of drug-likeness (QED) is 0.784. The Hall–Kier alpha value is -2.60. The van der Waals surface area contributed by atoms with E-state index in [4.69, 9.17) is 10.00 Å². The summed E-state index contributed by atoms with van der Waals surface area (Å²) < 4.78 is 5.70. The maximum absolute atomic E-state index is 11.0. The van der Waals surface area contributed by atoms with E-state index in [1.807, 2.05) is 31.2 Å². The predicted molar refractivity (Wildman–Crippen MR) is 72.1 cm³/mol. The van der Waals surface area contributed by atoms with Crippen molar-refractivity contribution in [3.05, 3.63) is 64.7 Å². The predicted octanol–water partition coefficient (Wildman–Crippen LogP) is 3.26. The smallest absolute Gasteiger partial charge is 0.153 e. The third kappa shape index (κ3) is 2.99. The molecular formula is C16H13NO2. The average molecular weight is 251 g/mol. The Labute approximate surface area is 112 Å². The summed E-state index contributed by atoms with van der Waals surface area (Å²) in [6.07, 6.45) is 0.793. The molecule has 0 aliphatic carbocycles. The summed E-state index contributed by atoms with van der Waals surface area (Å²) in [5.74, 6) is 0.613. The largest absolute Gasteiger partial charge is 0.488 e. The molecule has 0 spiro atoms. The van der Waals surface area contributed by atoms with Crippen LogP contribution in [0.15, 0.2) is 42.5 Å². The van der Waals surface area contributed by atoms with Crippen LogP contribution >= 0.6 is 0 Å². The van der Waals surface area contributed by atoms with Gasteiger partial charge in [-0.25, -0.2) is 0 Å². The monoisotopic (exact) mass is 251 g/mol. The number of nitriles is 1. The minimum absolute atomic E-state index is 0.372. The number of benzene rings is 2. The van der Waals surface area contributed by atoms with Crippen LogP contribution < -0.4 is 4.74 Å². The van der Waals surface area contributed by atoms with E-state index in [9.17, 15) is 4.79 Å². The standard InChI is InChI=1S/C16H13NO2/c1-12-3-2-4-15(10-18)16(12)19-11-14-7-5-13(9-17)6-8-14/h2-8,10H,11H2,1H3. The van der Waals surface area contributed by atoms with Crippen molar-refractivity contribution in [3.8, 4) is 11.8 Å². The molecule has 0 aliphatic heterocycles. The second kappa shape index (κ2) is 5.83. The molecule has 0 saturated carbocycles. The number of para-hydroxylation sites is 1. The van der Waals surface area contributed by atoms with Gasteiger partial charge in [0.2, 0.25) is 0 Å². The van der Waals surface area contributed by atoms with E-state index in [0.717, 1.165) is 17.4 Å². The Bertz CT molecular complexity index is 624. The molecule has 0 aliphatic rings. The summed E-state index contributed by atoms with van der Waals surface area (Å²) in [5.41, 5.74) is 3.05. The molecule has 3 nitrogen and oxygen atoms in total. The molecule has 0 radical (unpaired) electrons. The first-order valence-electron chi connectivity index (χ1n) is 5.91. The molecule has 0 bridgehead atoms. The number of rotatable bonds is 4. The number of aryl methyl sites for hydroxylation is 1. The normalized spacial score (nSPS) is 9.68. The lowest BCUT2D eigenvalue weighted by atomic mass is 10.1.